The first-order valence-electron chi connectivity index (χ1n) is 7.76. The fraction of sp³-hybridized carbons (Fsp3) is 0.438. The van der Waals surface area contributed by atoms with Crippen LogP contribution in [0.5, 0.6) is 0 Å². The third-order valence-electron chi connectivity index (χ3n) is 3.71. The van der Waals surface area contributed by atoms with E-state index in [0.717, 1.165) is 24.8 Å². The molecule has 0 bridgehead atoms. The molecule has 1 heterocycles. The number of piperidine rings is 1. The van der Waals surface area contributed by atoms with E-state index in [-0.39, 0.29) is 17.5 Å². The molecule has 1 fully saturated rings. The van der Waals surface area contributed by atoms with Gasteiger partial charge in [0.15, 0.2) is 0 Å². The van der Waals surface area contributed by atoms with E-state index in [2.05, 4.69) is 17.2 Å². The van der Waals surface area contributed by atoms with Crippen molar-refractivity contribution in [2.45, 2.75) is 30.7 Å². The minimum Gasteiger partial charge on any atom is -0.335 e. The predicted octanol–water partition coefficient (Wildman–Crippen LogP) is 1.85. The molecule has 1 aliphatic rings. The first-order chi connectivity index (χ1) is 11.0. The Bertz CT molecular complexity index is 652. The SMILES string of the molecule is C=CCNC(=O)NCc1cccc(S(=O)(=O)N2CCCCC2)c1. The summed E-state index contributed by atoms with van der Waals surface area (Å²) in [6.07, 6.45) is 4.48. The summed E-state index contributed by atoms with van der Waals surface area (Å²) >= 11 is 0. The number of nitrogens with zero attached hydrogens (tertiary/aromatic N) is 1. The number of urea groups is 1. The highest BCUT2D eigenvalue weighted by Gasteiger charge is 2.25. The van der Waals surface area contributed by atoms with Gasteiger partial charge in [0.05, 0.1) is 4.90 Å². The Morgan fingerprint density at radius 3 is 2.65 bits per heavy atom. The van der Waals surface area contributed by atoms with Crippen LogP contribution in [0.15, 0.2) is 41.8 Å². The normalized spacial score (nSPS) is 15.8. The lowest BCUT2D eigenvalue weighted by Gasteiger charge is -2.26. The largest absolute Gasteiger partial charge is 0.335 e. The highest BCUT2D eigenvalue weighted by atomic mass is 32.2. The van der Waals surface area contributed by atoms with Crippen molar-refractivity contribution in [3.63, 3.8) is 0 Å². The highest BCUT2D eigenvalue weighted by Crippen LogP contribution is 2.21. The van der Waals surface area contributed by atoms with Gasteiger partial charge in [-0.2, -0.15) is 4.31 Å². The average Bonchev–Trinajstić information content (AvgIpc) is 2.59. The number of carbonyl (C=O) groups is 1. The molecule has 2 N–H and O–H groups in total. The molecule has 2 amide bonds. The van der Waals surface area contributed by atoms with Crippen LogP contribution in [0.3, 0.4) is 0 Å². The van der Waals surface area contributed by atoms with Gasteiger partial charge >= 0.3 is 6.03 Å². The van der Waals surface area contributed by atoms with Crippen molar-refractivity contribution in [1.82, 2.24) is 14.9 Å². The number of benzene rings is 1. The summed E-state index contributed by atoms with van der Waals surface area (Å²) in [6.45, 7) is 5.33. The lowest BCUT2D eigenvalue weighted by atomic mass is 10.2. The van der Waals surface area contributed by atoms with E-state index < -0.39 is 10.0 Å². The number of sulfonamides is 1. The second-order valence-corrected chi connectivity index (χ2v) is 7.40. The summed E-state index contributed by atoms with van der Waals surface area (Å²) in [4.78, 5) is 11.8. The van der Waals surface area contributed by atoms with Crippen LogP contribution in [0.1, 0.15) is 24.8 Å². The van der Waals surface area contributed by atoms with Gasteiger partial charge in [-0.15, -0.1) is 6.58 Å². The molecule has 1 aliphatic heterocycles. The number of hydrogen-bond donors (Lipinski definition) is 2. The molecular formula is C16H23N3O3S. The van der Waals surface area contributed by atoms with E-state index in [1.54, 1.807) is 34.6 Å². The molecule has 23 heavy (non-hydrogen) atoms. The monoisotopic (exact) mass is 337 g/mol. The van der Waals surface area contributed by atoms with Gasteiger partial charge in [0.2, 0.25) is 10.0 Å². The van der Waals surface area contributed by atoms with Gasteiger partial charge in [0, 0.05) is 26.2 Å². The Morgan fingerprint density at radius 2 is 1.96 bits per heavy atom. The van der Waals surface area contributed by atoms with Crippen molar-refractivity contribution in [3.8, 4) is 0 Å². The number of amides is 2. The smallest absolute Gasteiger partial charge is 0.315 e. The fourth-order valence-corrected chi connectivity index (χ4v) is 4.07. The summed E-state index contributed by atoms with van der Waals surface area (Å²) in [6, 6.07) is 6.41. The maximum atomic E-state index is 12.6. The van der Waals surface area contributed by atoms with Crippen molar-refractivity contribution in [2.24, 2.45) is 0 Å². The van der Waals surface area contributed by atoms with Crippen LogP contribution in [-0.2, 0) is 16.6 Å². The lowest BCUT2D eigenvalue weighted by Crippen LogP contribution is -2.36. The van der Waals surface area contributed by atoms with Crippen molar-refractivity contribution in [1.29, 1.82) is 0 Å². The molecule has 1 aromatic rings. The van der Waals surface area contributed by atoms with Crippen molar-refractivity contribution in [3.05, 3.63) is 42.5 Å². The standard InChI is InChI=1S/C16H23N3O3S/c1-2-9-17-16(20)18-13-14-7-6-8-15(12-14)23(21,22)19-10-4-3-5-11-19/h2,6-8,12H,1,3-5,9-11,13H2,(H2,17,18,20). The summed E-state index contributed by atoms with van der Waals surface area (Å²) in [5, 5.41) is 5.29. The van der Waals surface area contributed by atoms with E-state index in [4.69, 9.17) is 0 Å². The molecule has 126 valence electrons. The number of nitrogens with one attached hydrogen (secondary N) is 2. The van der Waals surface area contributed by atoms with Crippen molar-refractivity contribution >= 4 is 16.1 Å². The van der Waals surface area contributed by atoms with Crippen molar-refractivity contribution in [2.75, 3.05) is 19.6 Å². The summed E-state index contributed by atoms with van der Waals surface area (Å²) < 4.78 is 26.8. The van der Waals surface area contributed by atoms with Crippen LogP contribution >= 0.6 is 0 Å². The van der Waals surface area contributed by atoms with Gasteiger partial charge in [0.25, 0.3) is 0 Å². The van der Waals surface area contributed by atoms with Gasteiger partial charge in [0.1, 0.15) is 0 Å². The molecule has 0 atom stereocenters. The molecule has 1 saturated heterocycles. The van der Waals surface area contributed by atoms with Gasteiger partial charge in [-0.05, 0) is 30.5 Å². The third-order valence-corrected chi connectivity index (χ3v) is 5.61. The third kappa shape index (κ3) is 4.80. The Morgan fingerprint density at radius 1 is 1.22 bits per heavy atom. The van der Waals surface area contributed by atoms with Gasteiger partial charge in [-0.3, -0.25) is 0 Å². The Hall–Kier alpha value is -1.86. The van der Waals surface area contributed by atoms with Gasteiger partial charge in [-0.25, -0.2) is 13.2 Å². The molecule has 0 aliphatic carbocycles. The molecule has 0 radical (unpaired) electrons. The lowest BCUT2D eigenvalue weighted by molar-refractivity contribution is 0.241. The number of carbonyl (C=O) groups excluding carboxylic acids is 1. The second-order valence-electron chi connectivity index (χ2n) is 5.46. The number of hydrogen-bond acceptors (Lipinski definition) is 3. The van der Waals surface area contributed by atoms with Crippen LogP contribution in [0.4, 0.5) is 4.79 Å². The minimum atomic E-state index is -3.45. The molecule has 6 nitrogen and oxygen atoms in total. The summed E-state index contributed by atoms with van der Waals surface area (Å²) in [5.41, 5.74) is 0.747. The van der Waals surface area contributed by atoms with Crippen LogP contribution in [-0.4, -0.2) is 38.4 Å². The van der Waals surface area contributed by atoms with Crippen LogP contribution < -0.4 is 10.6 Å². The van der Waals surface area contributed by atoms with E-state index in [0.29, 0.717) is 19.6 Å². The molecule has 0 spiro atoms. The van der Waals surface area contributed by atoms with E-state index in [9.17, 15) is 13.2 Å². The first kappa shape index (κ1) is 17.5. The zero-order chi connectivity index (χ0) is 16.7. The molecule has 7 heteroatoms. The van der Waals surface area contributed by atoms with E-state index in [1.807, 2.05) is 0 Å². The molecule has 0 unspecified atom stereocenters. The number of rotatable bonds is 6. The Kier molecular flexibility index (Phi) is 6.18. The predicted molar refractivity (Wildman–Crippen MR) is 89.5 cm³/mol. The average molecular weight is 337 g/mol. The molecule has 1 aromatic carbocycles. The molecule has 0 aromatic heterocycles. The van der Waals surface area contributed by atoms with Crippen LogP contribution in [0.25, 0.3) is 0 Å². The van der Waals surface area contributed by atoms with Crippen LogP contribution in [0, 0.1) is 0 Å². The molecular weight excluding hydrogens is 314 g/mol. The van der Waals surface area contributed by atoms with Gasteiger partial charge < -0.3 is 10.6 Å². The topological polar surface area (TPSA) is 78.5 Å². The fourth-order valence-electron chi connectivity index (χ4n) is 2.48. The van der Waals surface area contributed by atoms with Gasteiger partial charge in [-0.1, -0.05) is 24.6 Å². The molecule has 2 rings (SSSR count). The van der Waals surface area contributed by atoms with E-state index >= 15 is 0 Å². The maximum Gasteiger partial charge on any atom is 0.315 e. The zero-order valence-corrected chi connectivity index (χ0v) is 13.9. The minimum absolute atomic E-state index is 0.270. The second kappa shape index (κ2) is 8.12. The first-order valence-corrected chi connectivity index (χ1v) is 9.20. The van der Waals surface area contributed by atoms with Crippen LogP contribution in [0.2, 0.25) is 0 Å². The Balaban J connectivity index is 2.04. The maximum absolute atomic E-state index is 12.6. The summed E-state index contributed by atoms with van der Waals surface area (Å²) in [7, 11) is -3.45. The Labute approximate surface area is 137 Å². The highest BCUT2D eigenvalue weighted by molar-refractivity contribution is 7.89. The zero-order valence-electron chi connectivity index (χ0n) is 13.1. The van der Waals surface area contributed by atoms with E-state index in [1.165, 1.54) is 0 Å². The quantitative estimate of drug-likeness (QED) is 0.778. The van der Waals surface area contributed by atoms with Crippen molar-refractivity contribution < 1.29 is 13.2 Å². The molecule has 0 saturated carbocycles. The summed E-state index contributed by atoms with van der Waals surface area (Å²) in [5.74, 6) is 0.